The van der Waals surface area contributed by atoms with E-state index in [9.17, 15) is 4.79 Å². The van der Waals surface area contributed by atoms with E-state index in [1.807, 2.05) is 26.8 Å². The minimum atomic E-state index is -0.535. The first kappa shape index (κ1) is 17.1. The molecule has 1 atom stereocenters. The molecule has 112 valence electrons. The molecule has 0 heterocycles. The van der Waals surface area contributed by atoms with Crippen LogP contribution < -0.4 is 11.1 Å². The van der Waals surface area contributed by atoms with Gasteiger partial charge in [-0.2, -0.15) is 0 Å². The molecule has 0 spiro atoms. The molecule has 1 amide bonds. The summed E-state index contributed by atoms with van der Waals surface area (Å²) < 4.78 is 5.20. The number of carbonyl (C=O) groups is 1. The maximum Gasteiger partial charge on any atom is 0.407 e. The molecule has 0 aliphatic rings. The Kier molecular flexibility index (Phi) is 6.11. The van der Waals surface area contributed by atoms with Crippen molar-refractivity contribution >= 4 is 29.3 Å². The van der Waals surface area contributed by atoms with Crippen molar-refractivity contribution < 1.29 is 9.53 Å². The summed E-state index contributed by atoms with van der Waals surface area (Å²) in [5.41, 5.74) is 6.09. The Labute approximate surface area is 129 Å². The van der Waals surface area contributed by atoms with E-state index < -0.39 is 11.7 Å². The molecule has 1 unspecified atom stereocenters. The minimum Gasteiger partial charge on any atom is -0.444 e. The van der Waals surface area contributed by atoms with Gasteiger partial charge in [0.15, 0.2) is 0 Å². The summed E-state index contributed by atoms with van der Waals surface area (Å²) in [7, 11) is 0. The first-order valence-electron chi connectivity index (χ1n) is 6.35. The van der Waals surface area contributed by atoms with Crippen LogP contribution in [0.4, 0.5) is 4.79 Å². The Morgan fingerprint density at radius 3 is 2.50 bits per heavy atom. The summed E-state index contributed by atoms with van der Waals surface area (Å²) in [6, 6.07) is 5.12. The van der Waals surface area contributed by atoms with Crippen LogP contribution in [0.15, 0.2) is 18.2 Å². The molecule has 0 saturated heterocycles. The number of rotatable bonds is 4. The standard InChI is InChI=1S/C14H20Cl2N2O2/c1-14(2,3)20-13(19)18-10(8-17)6-9-4-5-11(15)12(16)7-9/h4-5,7,10H,6,8,17H2,1-3H3,(H,18,19). The molecule has 0 radical (unpaired) electrons. The second kappa shape index (κ2) is 7.16. The van der Waals surface area contributed by atoms with Gasteiger partial charge in [0, 0.05) is 12.6 Å². The Morgan fingerprint density at radius 2 is 2.00 bits per heavy atom. The van der Waals surface area contributed by atoms with Gasteiger partial charge in [0.05, 0.1) is 10.0 Å². The smallest absolute Gasteiger partial charge is 0.407 e. The summed E-state index contributed by atoms with van der Waals surface area (Å²) in [6.45, 7) is 5.73. The zero-order valence-corrected chi connectivity index (χ0v) is 13.4. The lowest BCUT2D eigenvalue weighted by atomic mass is 10.1. The summed E-state index contributed by atoms with van der Waals surface area (Å²) >= 11 is 11.8. The van der Waals surface area contributed by atoms with Crippen LogP contribution in [-0.4, -0.2) is 24.3 Å². The second-order valence-electron chi connectivity index (χ2n) is 5.53. The Hall–Kier alpha value is -0.970. The number of alkyl carbamates (subject to hydrolysis) is 1. The number of nitrogens with one attached hydrogen (secondary N) is 1. The van der Waals surface area contributed by atoms with Gasteiger partial charge in [0.25, 0.3) is 0 Å². The summed E-state index contributed by atoms with van der Waals surface area (Å²) in [5, 5.41) is 3.73. The van der Waals surface area contributed by atoms with Crippen molar-refractivity contribution in [2.75, 3.05) is 6.54 Å². The normalized spacial score (nSPS) is 12.9. The van der Waals surface area contributed by atoms with Crippen LogP contribution in [0.25, 0.3) is 0 Å². The highest BCUT2D eigenvalue weighted by Crippen LogP contribution is 2.23. The number of ether oxygens (including phenoxy) is 1. The van der Waals surface area contributed by atoms with E-state index in [4.69, 9.17) is 33.7 Å². The fourth-order valence-electron chi connectivity index (χ4n) is 1.62. The van der Waals surface area contributed by atoms with Gasteiger partial charge in [-0.3, -0.25) is 0 Å². The van der Waals surface area contributed by atoms with Gasteiger partial charge in [-0.1, -0.05) is 29.3 Å². The predicted octanol–water partition coefficient (Wildman–Crippen LogP) is 3.39. The first-order chi connectivity index (χ1) is 9.21. The molecule has 20 heavy (non-hydrogen) atoms. The van der Waals surface area contributed by atoms with Gasteiger partial charge in [0.2, 0.25) is 0 Å². The number of carbonyl (C=O) groups excluding carboxylic acids is 1. The lowest BCUT2D eigenvalue weighted by Gasteiger charge is -2.23. The van der Waals surface area contributed by atoms with Gasteiger partial charge < -0.3 is 15.8 Å². The van der Waals surface area contributed by atoms with Crippen LogP contribution in [0.2, 0.25) is 10.0 Å². The maximum absolute atomic E-state index is 11.7. The Bertz CT molecular complexity index is 473. The molecule has 4 nitrogen and oxygen atoms in total. The molecule has 1 aromatic carbocycles. The molecular formula is C14H20Cl2N2O2. The largest absolute Gasteiger partial charge is 0.444 e. The van der Waals surface area contributed by atoms with E-state index in [1.54, 1.807) is 12.1 Å². The van der Waals surface area contributed by atoms with E-state index in [0.29, 0.717) is 23.0 Å². The van der Waals surface area contributed by atoms with E-state index in [0.717, 1.165) is 5.56 Å². The number of benzene rings is 1. The van der Waals surface area contributed by atoms with Gasteiger partial charge in [-0.25, -0.2) is 4.79 Å². The third-order valence-electron chi connectivity index (χ3n) is 2.47. The fourth-order valence-corrected chi connectivity index (χ4v) is 1.94. The summed E-state index contributed by atoms with van der Waals surface area (Å²) in [5.74, 6) is 0. The number of amides is 1. The highest BCUT2D eigenvalue weighted by molar-refractivity contribution is 6.42. The second-order valence-corrected chi connectivity index (χ2v) is 6.35. The van der Waals surface area contributed by atoms with Crippen molar-refractivity contribution in [3.8, 4) is 0 Å². The zero-order chi connectivity index (χ0) is 15.3. The molecule has 0 aliphatic carbocycles. The van der Waals surface area contributed by atoms with E-state index in [2.05, 4.69) is 5.32 Å². The first-order valence-corrected chi connectivity index (χ1v) is 7.10. The van der Waals surface area contributed by atoms with E-state index in [1.165, 1.54) is 0 Å². The van der Waals surface area contributed by atoms with Gasteiger partial charge in [0.1, 0.15) is 5.60 Å². The van der Waals surface area contributed by atoms with Crippen molar-refractivity contribution in [2.45, 2.75) is 38.8 Å². The molecule has 3 N–H and O–H groups in total. The van der Waals surface area contributed by atoms with E-state index >= 15 is 0 Å². The number of hydrogen-bond donors (Lipinski definition) is 2. The van der Waals surface area contributed by atoms with Crippen molar-refractivity contribution in [3.63, 3.8) is 0 Å². The lowest BCUT2D eigenvalue weighted by Crippen LogP contribution is -2.44. The van der Waals surface area contributed by atoms with Gasteiger partial charge in [-0.05, 0) is 44.9 Å². The third kappa shape index (κ3) is 5.99. The lowest BCUT2D eigenvalue weighted by molar-refractivity contribution is 0.0506. The molecule has 0 aromatic heterocycles. The SMILES string of the molecule is CC(C)(C)OC(=O)NC(CN)Cc1ccc(Cl)c(Cl)c1. The van der Waals surface area contributed by atoms with Crippen LogP contribution in [-0.2, 0) is 11.2 Å². The molecular weight excluding hydrogens is 299 g/mol. The highest BCUT2D eigenvalue weighted by atomic mass is 35.5. The van der Waals surface area contributed by atoms with Crippen LogP contribution in [0.1, 0.15) is 26.3 Å². The number of hydrogen-bond acceptors (Lipinski definition) is 3. The maximum atomic E-state index is 11.7. The van der Waals surface area contributed by atoms with Crippen molar-refractivity contribution in [2.24, 2.45) is 5.73 Å². The van der Waals surface area contributed by atoms with Crippen molar-refractivity contribution in [3.05, 3.63) is 33.8 Å². The highest BCUT2D eigenvalue weighted by Gasteiger charge is 2.19. The molecule has 1 aromatic rings. The molecule has 0 saturated carbocycles. The van der Waals surface area contributed by atoms with Crippen LogP contribution in [0, 0.1) is 0 Å². The van der Waals surface area contributed by atoms with Crippen LogP contribution in [0.3, 0.4) is 0 Å². The van der Waals surface area contributed by atoms with Crippen LogP contribution in [0.5, 0.6) is 0 Å². The Balaban J connectivity index is 2.63. The molecule has 6 heteroatoms. The Morgan fingerprint density at radius 1 is 1.35 bits per heavy atom. The fraction of sp³-hybridized carbons (Fsp3) is 0.500. The predicted molar refractivity (Wildman–Crippen MR) is 82.4 cm³/mol. The van der Waals surface area contributed by atoms with Gasteiger partial charge >= 0.3 is 6.09 Å². The average molecular weight is 319 g/mol. The number of nitrogens with two attached hydrogens (primary N) is 1. The topological polar surface area (TPSA) is 64.3 Å². The van der Waals surface area contributed by atoms with E-state index in [-0.39, 0.29) is 6.04 Å². The summed E-state index contributed by atoms with van der Waals surface area (Å²) in [6.07, 6.45) is 0.0834. The minimum absolute atomic E-state index is 0.220. The number of halogens is 2. The zero-order valence-electron chi connectivity index (χ0n) is 11.9. The average Bonchev–Trinajstić information content (AvgIpc) is 2.30. The molecule has 1 rings (SSSR count). The monoisotopic (exact) mass is 318 g/mol. The van der Waals surface area contributed by atoms with Crippen molar-refractivity contribution in [1.82, 2.24) is 5.32 Å². The van der Waals surface area contributed by atoms with Crippen LogP contribution >= 0.6 is 23.2 Å². The molecule has 0 bridgehead atoms. The third-order valence-corrected chi connectivity index (χ3v) is 3.21. The molecule has 0 aliphatic heterocycles. The summed E-state index contributed by atoms with van der Waals surface area (Å²) in [4.78, 5) is 11.7. The van der Waals surface area contributed by atoms with Gasteiger partial charge in [-0.15, -0.1) is 0 Å². The van der Waals surface area contributed by atoms with Crippen molar-refractivity contribution in [1.29, 1.82) is 0 Å². The quantitative estimate of drug-likeness (QED) is 0.894. The molecule has 0 fully saturated rings.